The highest BCUT2D eigenvalue weighted by atomic mass is 16.2. The zero-order valence-corrected chi connectivity index (χ0v) is 75.8. The molecule has 1 amide bonds. The number of benzene rings is 3. The molecule has 674 valence electrons. The maximum atomic E-state index is 12.2. The monoisotopic (exact) mass is 1760 g/mol. The number of aromatic amines is 1. The minimum absolute atomic E-state index is 0.0824. The Morgan fingerprint density at radius 1 is 0.344 bits per heavy atom. The third kappa shape index (κ3) is 17.9. The van der Waals surface area contributed by atoms with Gasteiger partial charge < -0.3 is 44.6 Å². The second kappa shape index (κ2) is 37.6. The molecule has 21 heterocycles. The highest BCUT2D eigenvalue weighted by Crippen LogP contribution is 2.38. The van der Waals surface area contributed by atoms with Crippen molar-refractivity contribution in [3.05, 3.63) is 218 Å². The Kier molecular flexibility index (Phi) is 24.4. The van der Waals surface area contributed by atoms with Gasteiger partial charge in [-0.05, 0) is 151 Å². The van der Waals surface area contributed by atoms with E-state index in [-0.39, 0.29) is 11.5 Å². The van der Waals surface area contributed by atoms with Gasteiger partial charge in [0.05, 0.1) is 125 Å². The SMILES string of the molecule is CC(=O)N1CCC(N2CCN(c3cnc4c(-c5cc(C)nc6ccccc56)cnn4c3)CC2)CC1.CN1CCN(C2CCN(c3cnc4c(-c5c[nH]c(=O)c6ccccc56)cnn4c3)CC2)CC1.CN1CCN(C2CCN(c3cnc4c(-c5cnn6ccccc56)cnn4c3)CC2)CC1.Cc1cc(-c2cnn3cc(N4CCN(C5CCNCC5)CC4)cnc23)c2ccccc2n1. The average molecular weight is 1760 g/mol. The molecule has 24 rings (SSSR count). The van der Waals surface area contributed by atoms with Crippen LogP contribution in [-0.2, 0) is 4.79 Å². The molecule has 16 aromatic rings. The first-order valence-corrected chi connectivity index (χ1v) is 47.2. The number of aromatic nitrogens is 17. The zero-order chi connectivity index (χ0) is 88.6. The van der Waals surface area contributed by atoms with Crippen LogP contribution in [-0.4, -0.2) is 319 Å². The predicted molar refractivity (Wildman–Crippen MR) is 518 cm³/mol. The van der Waals surface area contributed by atoms with Crippen molar-refractivity contribution in [2.45, 2.75) is 96.3 Å². The van der Waals surface area contributed by atoms with Crippen molar-refractivity contribution in [3.63, 3.8) is 0 Å². The molecule has 0 unspecified atom stereocenters. The van der Waals surface area contributed by atoms with Crippen LogP contribution in [0.4, 0.5) is 22.7 Å². The van der Waals surface area contributed by atoms with E-state index in [1.807, 2.05) is 158 Å². The topological polar surface area (TPSA) is 261 Å². The number of rotatable bonds is 12. The normalized spacial score (nSPS) is 18.8. The number of likely N-dealkylation sites (tertiary alicyclic amines) is 1. The number of carbonyl (C=O) groups is 1. The van der Waals surface area contributed by atoms with Crippen LogP contribution in [0.5, 0.6) is 0 Å². The first kappa shape index (κ1) is 85.1. The van der Waals surface area contributed by atoms with Crippen molar-refractivity contribution < 1.29 is 4.79 Å². The highest BCUT2D eigenvalue weighted by Gasteiger charge is 2.34. The fraction of sp³-hybridized carbons (Fsp3) is 0.410. The van der Waals surface area contributed by atoms with Crippen LogP contribution in [0.25, 0.3) is 105 Å². The quantitative estimate of drug-likeness (QED) is 0.115. The summed E-state index contributed by atoms with van der Waals surface area (Å²) in [6.07, 6.45) is 39.1. The number of carbonyl (C=O) groups excluding carboxylic acids is 1. The number of H-pyrrole nitrogens is 1. The summed E-state index contributed by atoms with van der Waals surface area (Å²) < 4.78 is 9.48. The molecule has 0 spiro atoms. The molecule has 0 saturated carbocycles. The van der Waals surface area contributed by atoms with E-state index in [1.54, 1.807) is 13.1 Å². The molecule has 8 saturated heterocycles. The Morgan fingerprint density at radius 2 is 0.687 bits per heavy atom. The summed E-state index contributed by atoms with van der Waals surface area (Å²) in [4.78, 5) is 82.5. The van der Waals surface area contributed by atoms with Crippen LogP contribution >= 0.6 is 0 Å². The second-order valence-electron chi connectivity index (χ2n) is 36.8. The maximum Gasteiger partial charge on any atom is 0.255 e. The molecule has 0 aliphatic carbocycles. The van der Waals surface area contributed by atoms with E-state index in [9.17, 15) is 9.59 Å². The number of pyridine rings is 4. The summed E-state index contributed by atoms with van der Waals surface area (Å²) >= 11 is 0. The number of nitrogens with zero attached hydrogens (tertiary/aromatic N) is 27. The summed E-state index contributed by atoms with van der Waals surface area (Å²) in [5, 5.41) is 30.3. The van der Waals surface area contributed by atoms with Crippen molar-refractivity contribution in [3.8, 4) is 44.5 Å². The van der Waals surface area contributed by atoms with Crippen molar-refractivity contribution in [1.82, 2.24) is 123 Å². The molecule has 0 bridgehead atoms. The first-order valence-electron chi connectivity index (χ1n) is 47.2. The standard InChI is InChI=1S/C27H31N7O.C25H29N7O.C25H29N7.C23H28N8/c1-19-15-24(23-5-3-4-6-26(23)30-19)25-17-29-34-18-22(16-28-27(25)34)33-13-11-32(12-14-33)21-7-9-31(10-8-21)20(2)35;1-29-10-12-31(13-11-29)18-6-8-30(9-7-18)19-14-26-24-23(16-28-32(24)17-19)22-15-27-25(33)21-5-3-2-4-20(21)22;1-18-14-22(21-4-2-3-5-24(21)29-18)23-16-28-32-17-20(15-27-25(23)32)31-12-10-30(11-13-31)19-6-8-26-9-7-19;1-27-10-12-29(13-11-27)18-5-8-28(9-6-18)19-14-24-23-21(16-26-31(23)17-19)20-15-25-30-7-3-2-4-22(20)30/h3-6,15-18,21H,7-14H2,1-2H3;2-5,14-18H,6-13H2,1H3,(H,27,33);2-5,14-17,19,26H,6-13H2,1H3;2-4,7,14-18H,5-6,8-13H2,1H3. The fourth-order valence-electron chi connectivity index (χ4n) is 21.3. The summed E-state index contributed by atoms with van der Waals surface area (Å²) in [5.74, 6) is 0.199. The number of fused-ring (bicyclic) bond motifs is 8. The number of hydrogen-bond acceptors (Lipinski definition) is 24. The Labute approximate surface area is 761 Å². The largest absolute Gasteiger partial charge is 0.369 e. The van der Waals surface area contributed by atoms with E-state index in [2.05, 4.69) is 182 Å². The first-order chi connectivity index (χ1) is 64.3. The lowest BCUT2D eigenvalue weighted by molar-refractivity contribution is -0.130. The van der Waals surface area contributed by atoms with E-state index in [1.165, 1.54) is 90.9 Å². The third-order valence-electron chi connectivity index (χ3n) is 28.8. The van der Waals surface area contributed by atoms with E-state index in [0.717, 1.165) is 258 Å². The molecule has 0 radical (unpaired) electrons. The molecule has 8 aliphatic heterocycles. The second-order valence-corrected chi connectivity index (χ2v) is 36.8. The molecule has 31 heteroatoms. The summed E-state index contributed by atoms with van der Waals surface area (Å²) in [5.41, 5.74) is 21.2. The van der Waals surface area contributed by atoms with Gasteiger partial charge >= 0.3 is 0 Å². The van der Waals surface area contributed by atoms with E-state index < -0.39 is 0 Å². The van der Waals surface area contributed by atoms with Crippen molar-refractivity contribution in [1.29, 1.82) is 0 Å². The van der Waals surface area contributed by atoms with Crippen LogP contribution in [0, 0.1) is 13.8 Å². The maximum absolute atomic E-state index is 12.2. The van der Waals surface area contributed by atoms with Crippen LogP contribution in [0.15, 0.2) is 201 Å². The van der Waals surface area contributed by atoms with Gasteiger partial charge in [0.1, 0.15) is 0 Å². The number of anilines is 4. The van der Waals surface area contributed by atoms with E-state index in [0.29, 0.717) is 23.5 Å². The van der Waals surface area contributed by atoms with Gasteiger partial charge in [-0.25, -0.2) is 42.5 Å². The van der Waals surface area contributed by atoms with Crippen LogP contribution < -0.4 is 30.5 Å². The predicted octanol–water partition coefficient (Wildman–Crippen LogP) is 11.2. The van der Waals surface area contributed by atoms with Crippen LogP contribution in [0.3, 0.4) is 0 Å². The summed E-state index contributed by atoms with van der Waals surface area (Å²) in [6, 6.07) is 37.2. The Hall–Kier alpha value is -12.8. The third-order valence-corrected chi connectivity index (χ3v) is 28.8. The van der Waals surface area contributed by atoms with Gasteiger partial charge in [-0.2, -0.15) is 25.5 Å². The number of hydrogen-bond donors (Lipinski definition) is 2. The molecular weight excluding hydrogens is 1640 g/mol. The fourth-order valence-corrected chi connectivity index (χ4v) is 21.3. The van der Waals surface area contributed by atoms with E-state index >= 15 is 0 Å². The zero-order valence-electron chi connectivity index (χ0n) is 75.8. The van der Waals surface area contributed by atoms with Gasteiger partial charge in [0.2, 0.25) is 5.91 Å². The molecule has 8 aliphatic rings. The smallest absolute Gasteiger partial charge is 0.255 e. The Balaban J connectivity index is 0.000000106. The molecule has 3 aromatic carbocycles. The highest BCUT2D eigenvalue weighted by molar-refractivity contribution is 6.01. The van der Waals surface area contributed by atoms with Gasteiger partial charge in [-0.15, -0.1) is 0 Å². The summed E-state index contributed by atoms with van der Waals surface area (Å²) in [7, 11) is 4.43. The number of para-hydroxylation sites is 2. The van der Waals surface area contributed by atoms with Gasteiger partial charge in [0.15, 0.2) is 22.6 Å². The van der Waals surface area contributed by atoms with Crippen molar-refractivity contribution in [2.24, 2.45) is 0 Å². The average Bonchev–Trinajstić information content (AvgIpc) is 1.63. The lowest BCUT2D eigenvalue weighted by atomic mass is 10.0. The van der Waals surface area contributed by atoms with E-state index in [4.69, 9.17) is 19.9 Å². The number of nitrogens with one attached hydrogen (secondary N) is 2. The van der Waals surface area contributed by atoms with Crippen LogP contribution in [0.1, 0.15) is 69.7 Å². The minimum atomic E-state index is -0.0824. The van der Waals surface area contributed by atoms with Gasteiger partial charge in [0.25, 0.3) is 5.56 Å². The molecular formula is C100H117N29O2. The molecule has 0 atom stereocenters. The minimum Gasteiger partial charge on any atom is -0.369 e. The molecule has 31 nitrogen and oxygen atoms in total. The molecule has 2 N–H and O–H groups in total. The van der Waals surface area contributed by atoms with Crippen LogP contribution in [0.2, 0.25) is 0 Å². The van der Waals surface area contributed by atoms with Gasteiger partial charge in [-0.1, -0.05) is 60.7 Å². The molecule has 13 aromatic heterocycles. The lowest BCUT2D eigenvalue weighted by Crippen LogP contribution is -2.53. The van der Waals surface area contributed by atoms with Gasteiger partial charge in [-0.3, -0.25) is 39.2 Å². The lowest BCUT2D eigenvalue weighted by Gasteiger charge is -2.43. The van der Waals surface area contributed by atoms with Gasteiger partial charge in [0, 0.05) is 243 Å². The number of piperidine rings is 4. The Bertz CT molecular complexity index is 6790. The Morgan fingerprint density at radius 3 is 1.11 bits per heavy atom. The molecule has 131 heavy (non-hydrogen) atoms. The van der Waals surface area contributed by atoms with Crippen molar-refractivity contribution >= 4 is 89.3 Å². The number of aryl methyl sites for hydroxylation is 2. The summed E-state index contributed by atoms with van der Waals surface area (Å²) in [6.45, 7) is 31.9. The number of amides is 1. The number of piperazine rings is 4. The van der Waals surface area contributed by atoms with Crippen molar-refractivity contribution in [2.75, 3.05) is 191 Å². The molecule has 8 fully saturated rings. The number of likely N-dealkylation sites (N-methyl/N-ethyl adjacent to an activating group) is 2.